The summed E-state index contributed by atoms with van der Waals surface area (Å²) in [6.07, 6.45) is 2.60. The van der Waals surface area contributed by atoms with Crippen molar-refractivity contribution in [3.63, 3.8) is 0 Å². The molecule has 0 radical (unpaired) electrons. The lowest BCUT2D eigenvalue weighted by Gasteiger charge is -2.37. The van der Waals surface area contributed by atoms with Crippen molar-refractivity contribution in [3.05, 3.63) is 29.8 Å². The average Bonchev–Trinajstić information content (AvgIpc) is 2.57. The lowest BCUT2D eigenvalue weighted by molar-refractivity contribution is 0.125. The standard InChI is InChI=1S/C14H22N2/c1-11(12-6-4-7-13(15)10-12)16-9-5-8-14(16,2)3/h4,6-7,10-11H,5,8-9,15H2,1-3H3. The highest BCUT2D eigenvalue weighted by atomic mass is 15.2. The molecule has 2 N–H and O–H groups in total. The van der Waals surface area contributed by atoms with E-state index in [0.29, 0.717) is 11.6 Å². The van der Waals surface area contributed by atoms with Crippen molar-refractivity contribution in [2.24, 2.45) is 0 Å². The summed E-state index contributed by atoms with van der Waals surface area (Å²) in [7, 11) is 0. The Balaban J connectivity index is 2.22. The Morgan fingerprint density at radius 2 is 2.12 bits per heavy atom. The van der Waals surface area contributed by atoms with Gasteiger partial charge in [-0.3, -0.25) is 4.90 Å². The number of nitrogens with zero attached hydrogens (tertiary/aromatic N) is 1. The minimum atomic E-state index is 0.323. The van der Waals surface area contributed by atoms with Crippen molar-refractivity contribution >= 4 is 5.69 Å². The van der Waals surface area contributed by atoms with Crippen LogP contribution in [0.4, 0.5) is 5.69 Å². The van der Waals surface area contributed by atoms with E-state index < -0.39 is 0 Å². The topological polar surface area (TPSA) is 29.3 Å². The third kappa shape index (κ3) is 2.07. The van der Waals surface area contributed by atoms with Crippen LogP contribution in [0.25, 0.3) is 0 Å². The van der Waals surface area contributed by atoms with Crippen LogP contribution < -0.4 is 5.73 Å². The highest BCUT2D eigenvalue weighted by Crippen LogP contribution is 2.36. The van der Waals surface area contributed by atoms with Gasteiger partial charge in [-0.15, -0.1) is 0 Å². The molecule has 1 aromatic rings. The first kappa shape index (κ1) is 11.5. The Labute approximate surface area is 98.4 Å². The van der Waals surface area contributed by atoms with Crippen LogP contribution in [0, 0.1) is 0 Å². The summed E-state index contributed by atoms with van der Waals surface area (Å²) >= 11 is 0. The number of anilines is 1. The quantitative estimate of drug-likeness (QED) is 0.772. The SMILES string of the molecule is CC(c1cccc(N)c1)N1CCCC1(C)C. The maximum atomic E-state index is 5.84. The van der Waals surface area contributed by atoms with Gasteiger partial charge in [-0.05, 0) is 57.9 Å². The van der Waals surface area contributed by atoms with E-state index in [1.165, 1.54) is 24.9 Å². The fourth-order valence-electron chi connectivity index (χ4n) is 2.84. The first-order valence-corrected chi connectivity index (χ1v) is 6.13. The van der Waals surface area contributed by atoms with Gasteiger partial charge >= 0.3 is 0 Å². The van der Waals surface area contributed by atoms with E-state index in [9.17, 15) is 0 Å². The van der Waals surface area contributed by atoms with Gasteiger partial charge in [0.2, 0.25) is 0 Å². The molecule has 0 aromatic heterocycles. The number of hydrogen-bond acceptors (Lipinski definition) is 2. The Morgan fingerprint density at radius 3 is 2.69 bits per heavy atom. The molecular formula is C14H22N2. The van der Waals surface area contributed by atoms with Gasteiger partial charge in [0.25, 0.3) is 0 Å². The molecule has 1 atom stereocenters. The van der Waals surface area contributed by atoms with Crippen LogP contribution in [0.15, 0.2) is 24.3 Å². The maximum Gasteiger partial charge on any atom is 0.0325 e. The van der Waals surface area contributed by atoms with Crippen molar-refractivity contribution in [2.75, 3.05) is 12.3 Å². The predicted molar refractivity (Wildman–Crippen MR) is 69.3 cm³/mol. The second-order valence-electron chi connectivity index (χ2n) is 5.46. The van der Waals surface area contributed by atoms with Gasteiger partial charge in [0.1, 0.15) is 0 Å². The molecule has 2 heteroatoms. The zero-order valence-corrected chi connectivity index (χ0v) is 10.5. The molecule has 0 amide bonds. The van der Waals surface area contributed by atoms with Gasteiger partial charge in [0.15, 0.2) is 0 Å². The third-order valence-corrected chi connectivity index (χ3v) is 3.83. The van der Waals surface area contributed by atoms with Gasteiger partial charge in [-0.2, -0.15) is 0 Å². The van der Waals surface area contributed by atoms with E-state index in [1.54, 1.807) is 0 Å². The van der Waals surface area contributed by atoms with Gasteiger partial charge in [-0.25, -0.2) is 0 Å². The summed E-state index contributed by atoms with van der Waals surface area (Å²) < 4.78 is 0. The highest BCUT2D eigenvalue weighted by Gasteiger charge is 2.35. The molecule has 88 valence electrons. The monoisotopic (exact) mass is 218 g/mol. The van der Waals surface area contributed by atoms with Crippen LogP contribution in [0.2, 0.25) is 0 Å². The summed E-state index contributed by atoms with van der Waals surface area (Å²) in [5, 5.41) is 0. The molecule has 0 aliphatic carbocycles. The molecule has 1 aromatic carbocycles. The Hall–Kier alpha value is -1.02. The third-order valence-electron chi connectivity index (χ3n) is 3.83. The lowest BCUT2D eigenvalue weighted by Crippen LogP contribution is -2.39. The predicted octanol–water partition coefficient (Wildman–Crippen LogP) is 3.20. The molecule has 1 aliphatic rings. The van der Waals surface area contributed by atoms with E-state index in [1.807, 2.05) is 12.1 Å². The molecule has 0 bridgehead atoms. The molecule has 0 saturated carbocycles. The zero-order valence-electron chi connectivity index (χ0n) is 10.5. The van der Waals surface area contributed by atoms with Crippen LogP contribution in [0.5, 0.6) is 0 Å². The van der Waals surface area contributed by atoms with Gasteiger partial charge in [0, 0.05) is 17.3 Å². The molecule has 2 nitrogen and oxygen atoms in total. The Kier molecular flexibility index (Phi) is 2.94. The van der Waals surface area contributed by atoms with Crippen molar-refractivity contribution in [2.45, 2.75) is 45.2 Å². The van der Waals surface area contributed by atoms with Crippen molar-refractivity contribution < 1.29 is 0 Å². The molecule has 2 rings (SSSR count). The molecule has 1 fully saturated rings. The number of nitrogens with two attached hydrogens (primary N) is 1. The summed E-state index contributed by atoms with van der Waals surface area (Å²) in [6, 6.07) is 8.73. The maximum absolute atomic E-state index is 5.84. The fourth-order valence-corrected chi connectivity index (χ4v) is 2.84. The van der Waals surface area contributed by atoms with Crippen LogP contribution in [-0.2, 0) is 0 Å². The molecule has 1 heterocycles. The molecule has 1 saturated heterocycles. The Bertz CT molecular complexity index is 371. The molecule has 1 unspecified atom stereocenters. The highest BCUT2D eigenvalue weighted by molar-refractivity contribution is 5.41. The summed E-state index contributed by atoms with van der Waals surface area (Å²) in [5.74, 6) is 0. The molecule has 1 aliphatic heterocycles. The van der Waals surface area contributed by atoms with Crippen LogP contribution in [-0.4, -0.2) is 17.0 Å². The smallest absolute Gasteiger partial charge is 0.0325 e. The number of hydrogen-bond donors (Lipinski definition) is 1. The summed E-state index contributed by atoms with van der Waals surface area (Å²) in [6.45, 7) is 8.15. The first-order valence-electron chi connectivity index (χ1n) is 6.13. The summed E-state index contributed by atoms with van der Waals surface area (Å²) in [4.78, 5) is 2.59. The van der Waals surface area contributed by atoms with Crippen molar-refractivity contribution in [1.82, 2.24) is 4.90 Å². The van der Waals surface area contributed by atoms with Crippen molar-refractivity contribution in [1.29, 1.82) is 0 Å². The largest absolute Gasteiger partial charge is 0.399 e. The van der Waals surface area contributed by atoms with Gasteiger partial charge in [-0.1, -0.05) is 12.1 Å². The van der Waals surface area contributed by atoms with Gasteiger partial charge < -0.3 is 5.73 Å². The van der Waals surface area contributed by atoms with E-state index in [0.717, 1.165) is 5.69 Å². The van der Waals surface area contributed by atoms with Gasteiger partial charge in [0.05, 0.1) is 0 Å². The minimum Gasteiger partial charge on any atom is -0.399 e. The lowest BCUT2D eigenvalue weighted by atomic mass is 9.98. The molecular weight excluding hydrogens is 196 g/mol. The second kappa shape index (κ2) is 4.10. The Morgan fingerprint density at radius 1 is 1.38 bits per heavy atom. The van der Waals surface area contributed by atoms with E-state index in [-0.39, 0.29) is 0 Å². The van der Waals surface area contributed by atoms with Crippen LogP contribution >= 0.6 is 0 Å². The van der Waals surface area contributed by atoms with Crippen LogP contribution in [0.3, 0.4) is 0 Å². The number of likely N-dealkylation sites (tertiary alicyclic amines) is 1. The van der Waals surface area contributed by atoms with E-state index >= 15 is 0 Å². The normalized spacial score (nSPS) is 22.2. The molecule has 16 heavy (non-hydrogen) atoms. The van der Waals surface area contributed by atoms with E-state index in [2.05, 4.69) is 37.8 Å². The van der Waals surface area contributed by atoms with Crippen LogP contribution in [0.1, 0.15) is 45.2 Å². The number of rotatable bonds is 2. The minimum absolute atomic E-state index is 0.323. The second-order valence-corrected chi connectivity index (χ2v) is 5.46. The summed E-state index contributed by atoms with van der Waals surface area (Å²) in [5.41, 5.74) is 8.36. The first-order chi connectivity index (χ1) is 7.50. The fraction of sp³-hybridized carbons (Fsp3) is 0.571. The zero-order chi connectivity index (χ0) is 11.8. The molecule has 0 spiro atoms. The van der Waals surface area contributed by atoms with E-state index in [4.69, 9.17) is 5.73 Å². The average molecular weight is 218 g/mol. The number of nitrogen functional groups attached to an aromatic ring is 1. The van der Waals surface area contributed by atoms with Crippen molar-refractivity contribution in [3.8, 4) is 0 Å². The number of benzene rings is 1.